The molecule has 1 aromatic rings. The van der Waals surface area contributed by atoms with Crippen LogP contribution < -0.4 is 5.73 Å². The molecule has 1 aliphatic carbocycles. The van der Waals surface area contributed by atoms with Crippen LogP contribution >= 0.6 is 0 Å². The molecule has 0 fully saturated rings. The first-order valence-electron chi connectivity index (χ1n) is 6.31. The van der Waals surface area contributed by atoms with Crippen molar-refractivity contribution < 1.29 is 9.18 Å². The predicted octanol–water partition coefficient (Wildman–Crippen LogP) is 2.99. The molecule has 0 aliphatic heterocycles. The molecule has 1 amide bonds. The Kier molecular flexibility index (Phi) is 4.25. The third kappa shape index (κ3) is 3.29. The molecule has 0 saturated heterocycles. The normalized spacial score (nSPS) is 14.8. The lowest BCUT2D eigenvalue weighted by molar-refractivity contribution is -0.112. The van der Waals surface area contributed by atoms with Crippen LogP contribution in [0.5, 0.6) is 0 Å². The van der Waals surface area contributed by atoms with Gasteiger partial charge in [0.15, 0.2) is 0 Å². The van der Waals surface area contributed by atoms with Gasteiger partial charge in [-0.1, -0.05) is 30.4 Å². The number of halogens is 1. The molecule has 0 radical (unpaired) electrons. The summed E-state index contributed by atoms with van der Waals surface area (Å²) >= 11 is 0. The zero-order valence-electron chi connectivity index (χ0n) is 10.9. The molecule has 20 heavy (non-hydrogen) atoms. The third-order valence-corrected chi connectivity index (χ3v) is 3.02. The van der Waals surface area contributed by atoms with Gasteiger partial charge in [0.25, 0.3) is 0 Å². The Labute approximate surface area is 116 Å². The molecular formula is C16H15FN2O. The van der Waals surface area contributed by atoms with Gasteiger partial charge >= 0.3 is 0 Å². The van der Waals surface area contributed by atoms with E-state index in [1.54, 1.807) is 0 Å². The smallest absolute Gasteiger partial charge is 0.249 e. The van der Waals surface area contributed by atoms with E-state index in [-0.39, 0.29) is 17.1 Å². The van der Waals surface area contributed by atoms with Crippen LogP contribution in [0.2, 0.25) is 0 Å². The second kappa shape index (κ2) is 6.10. The summed E-state index contributed by atoms with van der Waals surface area (Å²) in [7, 11) is 0. The first-order valence-corrected chi connectivity index (χ1v) is 6.31. The molecule has 4 heteroatoms. The molecule has 0 spiro atoms. The van der Waals surface area contributed by atoms with Crippen LogP contribution in [0, 0.1) is 11.2 Å². The molecule has 2 rings (SSSR count). The number of carbonyl (C=O) groups excluding carboxylic acids is 1. The first kappa shape index (κ1) is 13.9. The Balaban J connectivity index is 2.33. The van der Waals surface area contributed by atoms with E-state index in [0.717, 1.165) is 18.4 Å². The van der Waals surface area contributed by atoms with E-state index in [1.165, 1.54) is 30.3 Å². The van der Waals surface area contributed by atoms with Gasteiger partial charge in [-0.3, -0.25) is 4.79 Å². The molecule has 3 nitrogen and oxygen atoms in total. The van der Waals surface area contributed by atoms with E-state index in [9.17, 15) is 9.18 Å². The molecule has 102 valence electrons. The SMILES string of the molecule is N=C(/C=C(\C(N)=O)c1ccc(F)cc1)C1=CCCC=C1. The fourth-order valence-electron chi connectivity index (χ4n) is 1.97. The van der Waals surface area contributed by atoms with Crippen LogP contribution in [0.25, 0.3) is 5.57 Å². The summed E-state index contributed by atoms with van der Waals surface area (Å²) in [6.45, 7) is 0. The number of rotatable bonds is 4. The highest BCUT2D eigenvalue weighted by atomic mass is 19.1. The number of allylic oxidation sites excluding steroid dienone is 5. The van der Waals surface area contributed by atoms with Gasteiger partial charge in [0, 0.05) is 5.57 Å². The Morgan fingerprint density at radius 3 is 2.50 bits per heavy atom. The maximum Gasteiger partial charge on any atom is 0.249 e. The summed E-state index contributed by atoms with van der Waals surface area (Å²) in [6.07, 6.45) is 9.05. The van der Waals surface area contributed by atoms with Gasteiger partial charge in [0.05, 0.1) is 5.71 Å². The third-order valence-electron chi connectivity index (χ3n) is 3.02. The number of hydrogen-bond donors (Lipinski definition) is 2. The Morgan fingerprint density at radius 1 is 1.25 bits per heavy atom. The van der Waals surface area contributed by atoms with Crippen LogP contribution in [-0.2, 0) is 4.79 Å². The standard InChI is InChI=1S/C16H15FN2O/c17-13-8-6-11(7-9-13)14(16(19)20)10-15(18)12-4-2-1-3-5-12/h2,4-10,18H,1,3H2,(H2,19,20)/b14-10-,18-15?. The summed E-state index contributed by atoms with van der Waals surface area (Å²) < 4.78 is 12.9. The van der Waals surface area contributed by atoms with Gasteiger partial charge in [-0.15, -0.1) is 0 Å². The van der Waals surface area contributed by atoms with E-state index in [0.29, 0.717) is 5.56 Å². The lowest BCUT2D eigenvalue weighted by atomic mass is 9.98. The number of amides is 1. The van der Waals surface area contributed by atoms with Crippen LogP contribution in [-0.4, -0.2) is 11.6 Å². The highest BCUT2D eigenvalue weighted by Gasteiger charge is 2.11. The summed E-state index contributed by atoms with van der Waals surface area (Å²) in [5.74, 6) is -1.02. The molecule has 1 aromatic carbocycles. The summed E-state index contributed by atoms with van der Waals surface area (Å²) in [5, 5.41) is 8.02. The van der Waals surface area contributed by atoms with Crippen molar-refractivity contribution in [2.45, 2.75) is 12.8 Å². The minimum absolute atomic E-state index is 0.204. The number of hydrogen-bond acceptors (Lipinski definition) is 2. The summed E-state index contributed by atoms with van der Waals surface area (Å²) in [6, 6.07) is 5.47. The van der Waals surface area contributed by atoms with E-state index < -0.39 is 5.91 Å². The second-order valence-corrected chi connectivity index (χ2v) is 4.48. The fraction of sp³-hybridized carbons (Fsp3) is 0.125. The van der Waals surface area contributed by atoms with E-state index in [1.807, 2.05) is 18.2 Å². The van der Waals surface area contributed by atoms with Crippen molar-refractivity contribution >= 4 is 17.2 Å². The highest BCUT2D eigenvalue weighted by Crippen LogP contribution is 2.18. The predicted molar refractivity (Wildman–Crippen MR) is 77.8 cm³/mol. The Bertz CT molecular complexity index is 624. The van der Waals surface area contributed by atoms with Gasteiger partial charge in [-0.25, -0.2) is 4.39 Å². The van der Waals surface area contributed by atoms with Crippen LogP contribution in [0.15, 0.2) is 54.1 Å². The van der Waals surface area contributed by atoms with E-state index in [2.05, 4.69) is 0 Å². The van der Waals surface area contributed by atoms with Gasteiger partial charge in [-0.2, -0.15) is 0 Å². The molecule has 0 bridgehead atoms. The average molecular weight is 270 g/mol. The van der Waals surface area contributed by atoms with Crippen molar-refractivity contribution in [1.82, 2.24) is 0 Å². The van der Waals surface area contributed by atoms with E-state index >= 15 is 0 Å². The number of nitrogens with one attached hydrogen (secondary N) is 1. The largest absolute Gasteiger partial charge is 0.366 e. The van der Waals surface area contributed by atoms with Crippen molar-refractivity contribution in [2.24, 2.45) is 5.73 Å². The Morgan fingerprint density at radius 2 is 1.95 bits per heavy atom. The van der Waals surface area contributed by atoms with Gasteiger partial charge in [-0.05, 0) is 42.2 Å². The zero-order chi connectivity index (χ0) is 14.5. The molecule has 0 atom stereocenters. The molecule has 0 unspecified atom stereocenters. The van der Waals surface area contributed by atoms with Crippen molar-refractivity contribution in [2.75, 3.05) is 0 Å². The molecule has 0 aromatic heterocycles. The minimum Gasteiger partial charge on any atom is -0.366 e. The lowest BCUT2D eigenvalue weighted by Crippen LogP contribution is -2.14. The maximum absolute atomic E-state index is 12.9. The van der Waals surface area contributed by atoms with Gasteiger partial charge in [0.1, 0.15) is 5.82 Å². The van der Waals surface area contributed by atoms with Crippen LogP contribution in [0.3, 0.4) is 0 Å². The average Bonchev–Trinajstić information content (AvgIpc) is 2.46. The zero-order valence-corrected chi connectivity index (χ0v) is 10.9. The monoisotopic (exact) mass is 270 g/mol. The Hall–Kier alpha value is -2.49. The maximum atomic E-state index is 12.9. The number of carbonyl (C=O) groups is 1. The minimum atomic E-state index is -0.637. The van der Waals surface area contributed by atoms with Crippen molar-refractivity contribution in [3.63, 3.8) is 0 Å². The molecular weight excluding hydrogens is 255 g/mol. The molecule has 0 saturated carbocycles. The fourth-order valence-corrected chi connectivity index (χ4v) is 1.97. The van der Waals surface area contributed by atoms with Crippen molar-refractivity contribution in [3.8, 4) is 0 Å². The summed E-state index contributed by atoms with van der Waals surface area (Å²) in [4.78, 5) is 11.5. The number of nitrogens with two attached hydrogens (primary N) is 1. The quantitative estimate of drug-likeness (QED) is 0.641. The second-order valence-electron chi connectivity index (χ2n) is 4.48. The molecule has 3 N–H and O–H groups in total. The lowest BCUT2D eigenvalue weighted by Gasteiger charge is -2.08. The van der Waals surface area contributed by atoms with Gasteiger partial charge in [0.2, 0.25) is 5.91 Å². The summed E-state index contributed by atoms with van der Waals surface area (Å²) in [5.41, 5.74) is 7.04. The molecule has 1 aliphatic rings. The molecule has 0 heterocycles. The first-order chi connectivity index (χ1) is 9.58. The van der Waals surface area contributed by atoms with Gasteiger partial charge < -0.3 is 11.1 Å². The van der Waals surface area contributed by atoms with Crippen LogP contribution in [0.1, 0.15) is 18.4 Å². The highest BCUT2D eigenvalue weighted by molar-refractivity contribution is 6.26. The van der Waals surface area contributed by atoms with Crippen molar-refractivity contribution in [1.29, 1.82) is 5.41 Å². The topological polar surface area (TPSA) is 66.9 Å². The number of primary amides is 1. The van der Waals surface area contributed by atoms with Crippen molar-refractivity contribution in [3.05, 3.63) is 65.5 Å². The van der Waals surface area contributed by atoms with E-state index in [4.69, 9.17) is 11.1 Å². The number of benzene rings is 1. The van der Waals surface area contributed by atoms with Crippen LogP contribution in [0.4, 0.5) is 4.39 Å².